The van der Waals surface area contributed by atoms with Crippen molar-refractivity contribution in [1.29, 1.82) is 0 Å². The van der Waals surface area contributed by atoms with Crippen LogP contribution in [0.15, 0.2) is 34.6 Å². The van der Waals surface area contributed by atoms with Gasteiger partial charge in [0.2, 0.25) is 0 Å². The summed E-state index contributed by atoms with van der Waals surface area (Å²) < 4.78 is 0. The number of aliphatic imine (C=N–C) groups is 1. The Balaban J connectivity index is 1.87. The third kappa shape index (κ3) is 2.38. The third-order valence-electron chi connectivity index (χ3n) is 2.95. The summed E-state index contributed by atoms with van der Waals surface area (Å²) >= 11 is 1.63. The molecule has 2 aromatic rings. The number of hydrogen-bond acceptors (Lipinski definition) is 5. The zero-order chi connectivity index (χ0) is 13.2. The first-order valence-electron chi connectivity index (χ1n) is 5.93. The van der Waals surface area contributed by atoms with Crippen LogP contribution in [-0.2, 0) is 0 Å². The molecule has 5 heteroatoms. The fraction of sp³-hybridized carbons (Fsp3) is 0.0714. The zero-order valence-electron chi connectivity index (χ0n) is 10.2. The molecule has 1 aliphatic rings. The molecule has 0 fully saturated rings. The van der Waals surface area contributed by atoms with E-state index in [1.807, 2.05) is 24.3 Å². The Morgan fingerprint density at radius 2 is 2.00 bits per heavy atom. The van der Waals surface area contributed by atoms with Crippen LogP contribution in [0.2, 0.25) is 0 Å². The number of nitrogens with zero attached hydrogens (tertiary/aromatic N) is 1. The zero-order valence-corrected chi connectivity index (χ0v) is 11.0. The van der Waals surface area contributed by atoms with Gasteiger partial charge < -0.3 is 16.8 Å². The van der Waals surface area contributed by atoms with Crippen molar-refractivity contribution in [3.8, 4) is 0 Å². The van der Waals surface area contributed by atoms with Crippen LogP contribution in [0.4, 0.5) is 11.4 Å². The highest BCUT2D eigenvalue weighted by molar-refractivity contribution is 7.11. The molecule has 0 saturated heterocycles. The SMILES string of the molecule is Nc1ccc(/C=C/c2csc3c2NC=NC3N)cc1. The molecule has 0 aliphatic carbocycles. The van der Waals surface area contributed by atoms with Gasteiger partial charge in [0.15, 0.2) is 0 Å². The lowest BCUT2D eigenvalue weighted by atomic mass is 10.1. The molecule has 5 N–H and O–H groups in total. The quantitative estimate of drug-likeness (QED) is 0.734. The van der Waals surface area contributed by atoms with Crippen LogP contribution >= 0.6 is 11.3 Å². The van der Waals surface area contributed by atoms with Gasteiger partial charge in [0.25, 0.3) is 0 Å². The van der Waals surface area contributed by atoms with Gasteiger partial charge in [0, 0.05) is 16.6 Å². The standard InChI is InChI=1S/C14H14N4S/c15-11-5-2-9(3-6-11)1-4-10-7-19-13-12(10)17-8-18-14(13)16/h1-8,14H,15-16H2,(H,17,18)/b4-1+. The fourth-order valence-corrected chi connectivity index (χ4v) is 2.87. The highest BCUT2D eigenvalue weighted by atomic mass is 32.1. The van der Waals surface area contributed by atoms with Gasteiger partial charge >= 0.3 is 0 Å². The summed E-state index contributed by atoms with van der Waals surface area (Å²) in [5, 5.41) is 5.24. The molecule has 3 rings (SSSR count). The predicted molar refractivity (Wildman–Crippen MR) is 83.1 cm³/mol. The van der Waals surface area contributed by atoms with Gasteiger partial charge in [0.1, 0.15) is 6.17 Å². The van der Waals surface area contributed by atoms with Crippen LogP contribution in [0.3, 0.4) is 0 Å². The summed E-state index contributed by atoms with van der Waals surface area (Å²) in [4.78, 5) is 5.20. The maximum atomic E-state index is 5.92. The molecule has 1 aliphatic heterocycles. The average molecular weight is 270 g/mol. The molecule has 0 saturated carbocycles. The van der Waals surface area contributed by atoms with E-state index < -0.39 is 0 Å². The molecule has 0 spiro atoms. The molecular formula is C14H14N4S. The molecular weight excluding hydrogens is 256 g/mol. The van der Waals surface area contributed by atoms with E-state index in [0.717, 1.165) is 27.4 Å². The Labute approximate surface area is 115 Å². The smallest absolute Gasteiger partial charge is 0.136 e. The lowest BCUT2D eigenvalue weighted by Gasteiger charge is -2.13. The monoisotopic (exact) mass is 270 g/mol. The Morgan fingerprint density at radius 1 is 1.21 bits per heavy atom. The number of rotatable bonds is 2. The predicted octanol–water partition coefficient (Wildman–Crippen LogP) is 2.91. The van der Waals surface area contributed by atoms with Crippen LogP contribution in [0.1, 0.15) is 22.2 Å². The first kappa shape index (κ1) is 12.0. The van der Waals surface area contributed by atoms with Crippen molar-refractivity contribution in [2.24, 2.45) is 10.7 Å². The van der Waals surface area contributed by atoms with Crippen molar-refractivity contribution in [3.63, 3.8) is 0 Å². The Bertz CT molecular complexity index is 640. The lowest BCUT2D eigenvalue weighted by molar-refractivity contribution is 0.793. The number of thiophene rings is 1. The molecule has 1 aromatic carbocycles. The van der Waals surface area contributed by atoms with E-state index in [1.54, 1.807) is 17.7 Å². The van der Waals surface area contributed by atoms with Gasteiger partial charge in [-0.3, -0.25) is 4.99 Å². The third-order valence-corrected chi connectivity index (χ3v) is 4.02. The van der Waals surface area contributed by atoms with E-state index in [0.29, 0.717) is 0 Å². The number of fused-ring (bicyclic) bond motifs is 1. The van der Waals surface area contributed by atoms with E-state index in [2.05, 4.69) is 27.8 Å². The molecule has 1 unspecified atom stereocenters. The van der Waals surface area contributed by atoms with Gasteiger partial charge in [-0.25, -0.2) is 0 Å². The van der Waals surface area contributed by atoms with Crippen LogP contribution in [0.25, 0.3) is 12.2 Å². The molecule has 4 nitrogen and oxygen atoms in total. The number of benzene rings is 1. The summed E-state index contributed by atoms with van der Waals surface area (Å²) in [7, 11) is 0. The maximum absolute atomic E-state index is 5.92. The van der Waals surface area contributed by atoms with E-state index in [4.69, 9.17) is 11.5 Å². The molecule has 0 amide bonds. The molecule has 1 atom stereocenters. The lowest BCUT2D eigenvalue weighted by Crippen LogP contribution is -2.14. The number of nitrogen functional groups attached to an aromatic ring is 1. The first-order chi connectivity index (χ1) is 9.24. The Hall–Kier alpha value is -2.11. The minimum atomic E-state index is -0.250. The number of anilines is 2. The minimum Gasteiger partial charge on any atom is -0.399 e. The number of nitrogens with two attached hydrogens (primary N) is 2. The molecule has 0 bridgehead atoms. The second-order valence-electron chi connectivity index (χ2n) is 4.30. The normalized spacial score (nSPS) is 17.4. The highest BCUT2D eigenvalue weighted by Gasteiger charge is 2.17. The summed E-state index contributed by atoms with van der Waals surface area (Å²) in [5.41, 5.74) is 15.6. The van der Waals surface area contributed by atoms with E-state index in [9.17, 15) is 0 Å². The van der Waals surface area contributed by atoms with E-state index in [1.165, 1.54) is 0 Å². The van der Waals surface area contributed by atoms with E-state index >= 15 is 0 Å². The topological polar surface area (TPSA) is 76.4 Å². The number of hydrogen-bond donors (Lipinski definition) is 3. The van der Waals surface area contributed by atoms with Gasteiger partial charge in [-0.2, -0.15) is 0 Å². The van der Waals surface area contributed by atoms with Gasteiger partial charge in [-0.05, 0) is 17.7 Å². The molecule has 1 aromatic heterocycles. The Kier molecular flexibility index (Phi) is 3.06. The van der Waals surface area contributed by atoms with Crippen molar-refractivity contribution in [2.75, 3.05) is 11.1 Å². The Morgan fingerprint density at radius 3 is 2.79 bits per heavy atom. The van der Waals surface area contributed by atoms with Crippen molar-refractivity contribution < 1.29 is 0 Å². The summed E-state index contributed by atoms with van der Waals surface area (Å²) in [6, 6.07) is 7.77. The number of nitrogens with one attached hydrogen (secondary N) is 1. The summed E-state index contributed by atoms with van der Waals surface area (Å²) in [5.74, 6) is 0. The van der Waals surface area contributed by atoms with E-state index in [-0.39, 0.29) is 6.17 Å². The fourth-order valence-electron chi connectivity index (χ4n) is 1.92. The summed E-state index contributed by atoms with van der Waals surface area (Å²) in [6.07, 6.45) is 5.53. The van der Waals surface area contributed by atoms with Crippen molar-refractivity contribution in [2.45, 2.75) is 6.17 Å². The minimum absolute atomic E-state index is 0.250. The largest absolute Gasteiger partial charge is 0.399 e. The van der Waals surface area contributed by atoms with Gasteiger partial charge in [0.05, 0.1) is 16.9 Å². The highest BCUT2D eigenvalue weighted by Crippen LogP contribution is 2.35. The summed E-state index contributed by atoms with van der Waals surface area (Å²) in [6.45, 7) is 0. The second kappa shape index (κ2) is 4.87. The average Bonchev–Trinajstić information content (AvgIpc) is 2.83. The van der Waals surface area contributed by atoms with Crippen LogP contribution < -0.4 is 16.8 Å². The molecule has 96 valence electrons. The molecule has 2 heterocycles. The van der Waals surface area contributed by atoms with Crippen LogP contribution in [0, 0.1) is 0 Å². The maximum Gasteiger partial charge on any atom is 0.136 e. The van der Waals surface area contributed by atoms with Crippen LogP contribution in [-0.4, -0.2) is 6.34 Å². The van der Waals surface area contributed by atoms with Crippen molar-refractivity contribution in [3.05, 3.63) is 45.6 Å². The van der Waals surface area contributed by atoms with Crippen LogP contribution in [0.5, 0.6) is 0 Å². The van der Waals surface area contributed by atoms with Gasteiger partial charge in [-0.1, -0.05) is 24.3 Å². The molecule has 19 heavy (non-hydrogen) atoms. The molecule has 0 radical (unpaired) electrons. The second-order valence-corrected chi connectivity index (χ2v) is 5.21. The van der Waals surface area contributed by atoms with Gasteiger partial charge in [-0.15, -0.1) is 11.3 Å². The van der Waals surface area contributed by atoms with Crippen molar-refractivity contribution >= 4 is 41.2 Å². The van der Waals surface area contributed by atoms with Crippen molar-refractivity contribution in [1.82, 2.24) is 0 Å². The first-order valence-corrected chi connectivity index (χ1v) is 6.81.